The number of aliphatic carboxylic acids is 1. The summed E-state index contributed by atoms with van der Waals surface area (Å²) < 4.78 is 5.10. The van der Waals surface area contributed by atoms with Gasteiger partial charge in [0.05, 0.1) is 12.5 Å². The molecule has 0 aliphatic carbocycles. The Morgan fingerprint density at radius 2 is 1.68 bits per heavy atom. The monoisotopic (exact) mass is 268 g/mol. The molecule has 0 bridgehead atoms. The molecule has 3 nitrogen and oxygen atoms in total. The number of rotatable bonds is 6. The van der Waals surface area contributed by atoms with E-state index in [2.05, 4.69) is 0 Å². The topological polar surface area (TPSA) is 46.5 Å². The van der Waals surface area contributed by atoms with E-state index in [0.717, 1.165) is 12.8 Å². The van der Waals surface area contributed by atoms with Crippen LogP contribution in [-0.4, -0.2) is 24.3 Å². The number of carbonyl (C=O) groups is 1. The Hall–Kier alpha value is -1.35. The molecule has 1 N–H and O–H groups in total. The highest BCUT2D eigenvalue weighted by Gasteiger charge is 2.11. The summed E-state index contributed by atoms with van der Waals surface area (Å²) in [7, 11) is 1.55. The van der Waals surface area contributed by atoms with Crippen LogP contribution in [0.5, 0.6) is 0 Å². The third-order valence-corrected chi connectivity index (χ3v) is 2.33. The lowest BCUT2D eigenvalue weighted by Crippen LogP contribution is -2.16. The first-order chi connectivity index (χ1) is 9.22. The quantitative estimate of drug-likeness (QED) is 0.842. The van der Waals surface area contributed by atoms with E-state index in [4.69, 9.17) is 9.84 Å². The summed E-state index contributed by atoms with van der Waals surface area (Å²) in [6, 6.07) is 10.00. The van der Waals surface area contributed by atoms with Crippen molar-refractivity contribution in [2.75, 3.05) is 7.11 Å². The first-order valence-corrected chi connectivity index (χ1v) is 7.01. The number of hydrogen-bond acceptors (Lipinski definition) is 2. The molecule has 0 saturated carbocycles. The standard InChI is InChI=1S/C12H16O3.2C2H6/c1-15-11(9-12(13)14)8-7-10-5-3-2-4-6-10;2*1-2/h2-6,11H,7-9H2,1H3,(H,13,14);2*1-2H3. The van der Waals surface area contributed by atoms with Gasteiger partial charge in [0.1, 0.15) is 0 Å². The van der Waals surface area contributed by atoms with E-state index in [1.54, 1.807) is 7.11 Å². The molecule has 1 aromatic rings. The third-order valence-electron chi connectivity index (χ3n) is 2.33. The maximum atomic E-state index is 10.5. The Kier molecular flexibility index (Phi) is 15.5. The summed E-state index contributed by atoms with van der Waals surface area (Å²) in [6.45, 7) is 8.00. The fourth-order valence-electron chi connectivity index (χ4n) is 1.47. The predicted molar refractivity (Wildman–Crippen MR) is 80.5 cm³/mol. The van der Waals surface area contributed by atoms with Crippen LogP contribution in [0.25, 0.3) is 0 Å². The van der Waals surface area contributed by atoms with Gasteiger partial charge in [-0.2, -0.15) is 0 Å². The summed E-state index contributed by atoms with van der Waals surface area (Å²) in [6.07, 6.45) is 1.48. The zero-order valence-electron chi connectivity index (χ0n) is 12.8. The Morgan fingerprint density at radius 1 is 1.16 bits per heavy atom. The lowest BCUT2D eigenvalue weighted by atomic mass is 10.1. The van der Waals surface area contributed by atoms with Crippen molar-refractivity contribution in [2.24, 2.45) is 0 Å². The van der Waals surface area contributed by atoms with Gasteiger partial charge in [0.25, 0.3) is 0 Å². The number of carboxylic acids is 1. The Bertz CT molecular complexity index is 296. The largest absolute Gasteiger partial charge is 0.481 e. The van der Waals surface area contributed by atoms with Gasteiger partial charge in [-0.3, -0.25) is 4.79 Å². The highest BCUT2D eigenvalue weighted by atomic mass is 16.5. The Morgan fingerprint density at radius 3 is 2.11 bits per heavy atom. The molecule has 1 unspecified atom stereocenters. The van der Waals surface area contributed by atoms with Gasteiger partial charge in [0.2, 0.25) is 0 Å². The van der Waals surface area contributed by atoms with Crippen molar-refractivity contribution in [1.82, 2.24) is 0 Å². The Labute approximate surface area is 117 Å². The highest BCUT2D eigenvalue weighted by molar-refractivity contribution is 5.67. The van der Waals surface area contributed by atoms with Gasteiger partial charge >= 0.3 is 5.97 Å². The van der Waals surface area contributed by atoms with Crippen LogP contribution in [0.4, 0.5) is 0 Å². The van der Waals surface area contributed by atoms with E-state index in [1.807, 2.05) is 58.0 Å². The van der Waals surface area contributed by atoms with Crippen LogP contribution >= 0.6 is 0 Å². The molecule has 0 spiro atoms. The van der Waals surface area contributed by atoms with Gasteiger partial charge in [-0.25, -0.2) is 0 Å². The molecular formula is C16H28O3. The van der Waals surface area contributed by atoms with Gasteiger partial charge in [-0.15, -0.1) is 0 Å². The van der Waals surface area contributed by atoms with Gasteiger partial charge in [0, 0.05) is 7.11 Å². The second kappa shape index (κ2) is 14.7. The lowest BCUT2D eigenvalue weighted by Gasteiger charge is -2.12. The molecule has 3 heteroatoms. The molecule has 19 heavy (non-hydrogen) atoms. The predicted octanol–water partition coefficient (Wildman–Crippen LogP) is 4.16. The number of aryl methyl sites for hydroxylation is 1. The highest BCUT2D eigenvalue weighted by Crippen LogP contribution is 2.09. The number of methoxy groups -OCH3 is 1. The van der Waals surface area contributed by atoms with Crippen LogP contribution in [0.2, 0.25) is 0 Å². The van der Waals surface area contributed by atoms with Crippen molar-refractivity contribution < 1.29 is 14.6 Å². The smallest absolute Gasteiger partial charge is 0.305 e. The number of benzene rings is 1. The fraction of sp³-hybridized carbons (Fsp3) is 0.562. The summed E-state index contributed by atoms with van der Waals surface area (Å²) in [5.41, 5.74) is 1.21. The molecule has 110 valence electrons. The third kappa shape index (κ3) is 11.5. The normalized spacial score (nSPS) is 10.4. The first kappa shape index (κ1) is 20.0. The molecule has 0 aromatic heterocycles. The van der Waals surface area contributed by atoms with Crippen LogP contribution in [-0.2, 0) is 16.0 Å². The van der Waals surface area contributed by atoms with Crippen LogP contribution in [0.3, 0.4) is 0 Å². The van der Waals surface area contributed by atoms with Crippen molar-refractivity contribution >= 4 is 5.97 Å². The maximum absolute atomic E-state index is 10.5. The van der Waals surface area contributed by atoms with Crippen molar-refractivity contribution in [3.63, 3.8) is 0 Å². The minimum Gasteiger partial charge on any atom is -0.481 e. The number of ether oxygens (including phenoxy) is 1. The molecule has 0 saturated heterocycles. The molecule has 0 aliphatic heterocycles. The molecule has 0 amide bonds. The Balaban J connectivity index is 0. The summed E-state index contributed by atoms with van der Waals surface area (Å²) in [5, 5.41) is 8.63. The van der Waals surface area contributed by atoms with Crippen molar-refractivity contribution in [2.45, 2.75) is 53.1 Å². The van der Waals surface area contributed by atoms with Crippen molar-refractivity contribution in [3.8, 4) is 0 Å². The second-order valence-electron chi connectivity index (χ2n) is 3.48. The maximum Gasteiger partial charge on any atom is 0.305 e. The van der Waals surface area contributed by atoms with Crippen LogP contribution in [0, 0.1) is 0 Å². The second-order valence-corrected chi connectivity index (χ2v) is 3.48. The minimum atomic E-state index is -0.810. The average molecular weight is 268 g/mol. The van der Waals surface area contributed by atoms with Crippen molar-refractivity contribution in [3.05, 3.63) is 35.9 Å². The molecule has 1 atom stereocenters. The van der Waals surface area contributed by atoms with E-state index >= 15 is 0 Å². The zero-order chi connectivity index (χ0) is 15.1. The summed E-state index contributed by atoms with van der Waals surface area (Å²) >= 11 is 0. The minimum absolute atomic E-state index is 0.0728. The van der Waals surface area contributed by atoms with E-state index in [0.29, 0.717) is 0 Å². The van der Waals surface area contributed by atoms with Crippen LogP contribution in [0.1, 0.15) is 46.1 Å². The average Bonchev–Trinajstić information content (AvgIpc) is 2.48. The van der Waals surface area contributed by atoms with E-state index in [9.17, 15) is 4.79 Å². The van der Waals surface area contributed by atoms with E-state index in [1.165, 1.54) is 5.56 Å². The molecule has 0 heterocycles. The van der Waals surface area contributed by atoms with Gasteiger partial charge in [-0.1, -0.05) is 58.0 Å². The van der Waals surface area contributed by atoms with Gasteiger partial charge < -0.3 is 9.84 Å². The first-order valence-electron chi connectivity index (χ1n) is 7.01. The lowest BCUT2D eigenvalue weighted by molar-refractivity contribution is -0.139. The molecule has 0 aliphatic rings. The van der Waals surface area contributed by atoms with Crippen LogP contribution < -0.4 is 0 Å². The number of hydrogen-bond donors (Lipinski definition) is 1. The van der Waals surface area contributed by atoms with Crippen molar-refractivity contribution in [1.29, 1.82) is 0 Å². The zero-order valence-corrected chi connectivity index (χ0v) is 12.8. The summed E-state index contributed by atoms with van der Waals surface area (Å²) in [5.74, 6) is -0.810. The van der Waals surface area contributed by atoms with Gasteiger partial charge in [-0.05, 0) is 18.4 Å². The fourth-order valence-corrected chi connectivity index (χ4v) is 1.47. The van der Waals surface area contributed by atoms with E-state index < -0.39 is 5.97 Å². The van der Waals surface area contributed by atoms with E-state index in [-0.39, 0.29) is 12.5 Å². The van der Waals surface area contributed by atoms with Crippen LogP contribution in [0.15, 0.2) is 30.3 Å². The number of carboxylic acid groups (broad SMARTS) is 1. The summed E-state index contributed by atoms with van der Waals surface area (Å²) in [4.78, 5) is 10.5. The molecule has 1 aromatic carbocycles. The molecule has 0 fully saturated rings. The molecular weight excluding hydrogens is 240 g/mol. The molecule has 1 rings (SSSR count). The molecule has 0 radical (unpaired) electrons. The van der Waals surface area contributed by atoms with Gasteiger partial charge in [0.15, 0.2) is 0 Å². The SMILES string of the molecule is CC.CC.COC(CCc1ccccc1)CC(=O)O.